The Morgan fingerprint density at radius 3 is 1.75 bits per heavy atom. The van der Waals surface area contributed by atoms with E-state index in [4.69, 9.17) is 56.4 Å². The van der Waals surface area contributed by atoms with Crippen molar-refractivity contribution in [1.82, 2.24) is 19.7 Å². The first-order chi connectivity index (χ1) is 42.3. The predicted octanol–water partition coefficient (Wildman–Crippen LogP) is 10.3. The van der Waals surface area contributed by atoms with E-state index in [0.29, 0.717) is 73.3 Å². The number of amides is 3. The van der Waals surface area contributed by atoms with Gasteiger partial charge < -0.3 is 57.5 Å². The highest BCUT2D eigenvalue weighted by atomic mass is 35.5. The molecule has 6 aromatic rings. The fraction of sp³-hybridized carbons (Fsp3) is 0.305. The first-order valence-corrected chi connectivity index (χ1v) is 27.9. The molecule has 29 heteroatoms. The lowest BCUT2D eigenvalue weighted by Crippen LogP contribution is -2.66. The van der Waals surface area contributed by atoms with Gasteiger partial charge in [0, 0.05) is 43.0 Å². The Bertz CT molecular complexity index is 3600. The number of piperazine rings is 1. The van der Waals surface area contributed by atoms with E-state index >= 15 is 4.79 Å². The van der Waals surface area contributed by atoms with Gasteiger partial charge >= 0.3 is 18.3 Å². The van der Waals surface area contributed by atoms with Crippen LogP contribution < -0.4 is 28.4 Å². The van der Waals surface area contributed by atoms with Crippen LogP contribution in [0.5, 0.6) is 34.6 Å². The summed E-state index contributed by atoms with van der Waals surface area (Å²) in [4.78, 5) is 113. The number of halogens is 2. The molecule has 27 nitrogen and oxygen atoms in total. The van der Waals surface area contributed by atoms with Gasteiger partial charge in [-0.05, 0) is 139 Å². The van der Waals surface area contributed by atoms with Crippen molar-refractivity contribution in [1.29, 1.82) is 0 Å². The minimum absolute atomic E-state index is 0.00131. The number of nitrogens with zero attached hydrogens (tertiary/aromatic N) is 7. The van der Waals surface area contributed by atoms with Crippen molar-refractivity contribution >= 4 is 53.0 Å². The van der Waals surface area contributed by atoms with Gasteiger partial charge in [0.15, 0.2) is 5.75 Å². The van der Waals surface area contributed by atoms with Gasteiger partial charge in [-0.2, -0.15) is 0 Å². The summed E-state index contributed by atoms with van der Waals surface area (Å²) in [5, 5.41) is 30.5. The van der Waals surface area contributed by atoms with Crippen LogP contribution in [0.3, 0.4) is 0 Å². The number of rotatable bonds is 26. The summed E-state index contributed by atoms with van der Waals surface area (Å²) in [5.41, 5.74) is 4.40. The highest BCUT2D eigenvalue weighted by Gasteiger charge is 2.50. The van der Waals surface area contributed by atoms with Gasteiger partial charge in [0.2, 0.25) is 5.88 Å². The van der Waals surface area contributed by atoms with Crippen molar-refractivity contribution in [2.24, 2.45) is 0 Å². The standard InChI is InChI=1S/C59H55Cl2N7O20/c1-36-24-50(60)54(51(61)25-36)80-21-20-79-45-16-12-41(13-17-45)49-29-44-31-63(57(70)86-46-9-3-6-38(26-46)33-83-66(73)74)32-52(65(44)58(71)87-47-10-4-7-39(27-47)34-84-67(75)76)53(49)56(69)64(43-14-15-43)30-42-18-19-62-55(37(42)2)81-22-23-82-59(72)88-48-11-5-8-40(28-48)35-85-68(77)78/h3-13,16-19,24-28,43-44,52H,14-15,20-23,29-35H2,1-2H3. The van der Waals surface area contributed by atoms with Gasteiger partial charge in [0.05, 0.1) is 22.1 Å². The van der Waals surface area contributed by atoms with Crippen LogP contribution in [0.2, 0.25) is 10.0 Å². The molecule has 3 amide bonds. The average molecular weight is 1250 g/mol. The summed E-state index contributed by atoms with van der Waals surface area (Å²) in [7, 11) is 0. The van der Waals surface area contributed by atoms with Gasteiger partial charge in [0.1, 0.15) is 69.2 Å². The number of fused-ring (bicyclic) bond motifs is 2. The number of carbonyl (C=O) groups excluding carboxylic acids is 4. The summed E-state index contributed by atoms with van der Waals surface area (Å²) < 4.78 is 40.2. The highest BCUT2D eigenvalue weighted by Crippen LogP contribution is 2.43. The van der Waals surface area contributed by atoms with Crippen molar-refractivity contribution in [3.05, 3.63) is 206 Å². The zero-order valence-electron chi connectivity index (χ0n) is 47.0. The van der Waals surface area contributed by atoms with E-state index in [1.54, 1.807) is 72.5 Å². The molecule has 1 saturated carbocycles. The molecule has 2 aliphatic heterocycles. The van der Waals surface area contributed by atoms with Gasteiger partial charge in [-0.3, -0.25) is 9.69 Å². The molecule has 2 unspecified atom stereocenters. The molecule has 3 aliphatic rings. The molecule has 1 saturated heterocycles. The predicted molar refractivity (Wildman–Crippen MR) is 308 cm³/mol. The number of hydrogen-bond donors (Lipinski definition) is 0. The maximum absolute atomic E-state index is 16.0. The lowest BCUT2D eigenvalue weighted by Gasteiger charge is -2.50. The summed E-state index contributed by atoms with van der Waals surface area (Å²) in [6, 6.07) is 27.7. The molecule has 5 aromatic carbocycles. The molecule has 0 radical (unpaired) electrons. The Morgan fingerprint density at radius 2 is 1.18 bits per heavy atom. The van der Waals surface area contributed by atoms with E-state index in [2.05, 4.69) is 19.5 Å². The first-order valence-electron chi connectivity index (χ1n) is 27.2. The van der Waals surface area contributed by atoms with Crippen LogP contribution in [-0.2, 0) is 50.4 Å². The van der Waals surface area contributed by atoms with Gasteiger partial charge in [-0.1, -0.05) is 71.7 Å². The SMILES string of the molecule is Cc1cc(Cl)c(OCCOc2ccc(C3=C(C(=O)N(Cc4ccnc(OCCOC(=O)Oc5cccc(CO[N+](=O)[O-])c5)c4C)C4CC4)C4CN(C(=O)Oc5cccc(CO[N+](=O)[O-])c5)CC(C3)N4C(=O)Oc3cccc(CO[N+](=O)[O-])c3)cc2)c(Cl)c1. The van der Waals surface area contributed by atoms with Crippen LogP contribution in [0.4, 0.5) is 14.4 Å². The maximum atomic E-state index is 16.0. The van der Waals surface area contributed by atoms with Crippen molar-refractivity contribution in [2.75, 3.05) is 39.5 Å². The minimum Gasteiger partial charge on any atom is -0.490 e. The molecule has 0 N–H and O–H groups in total. The average Bonchev–Trinajstić information content (AvgIpc) is 1.12. The minimum atomic E-state index is -1.21. The van der Waals surface area contributed by atoms with Gasteiger partial charge in [-0.25, -0.2) is 19.4 Å². The number of pyridine rings is 1. The van der Waals surface area contributed by atoms with Crippen LogP contribution in [0, 0.1) is 44.2 Å². The second-order valence-corrected chi connectivity index (χ2v) is 21.0. The molecular weight excluding hydrogens is 1200 g/mol. The van der Waals surface area contributed by atoms with Crippen LogP contribution in [-0.4, -0.2) is 117 Å². The monoisotopic (exact) mass is 1250 g/mol. The molecule has 2 bridgehead atoms. The van der Waals surface area contributed by atoms with Crippen molar-refractivity contribution in [3.63, 3.8) is 0 Å². The Morgan fingerprint density at radius 1 is 0.636 bits per heavy atom. The summed E-state index contributed by atoms with van der Waals surface area (Å²) in [5.74, 6) is 0.598. The molecule has 0 spiro atoms. The molecular formula is C59H55Cl2N7O20. The third-order valence-electron chi connectivity index (χ3n) is 14.0. The quantitative estimate of drug-likeness (QED) is 0.0160. The summed E-state index contributed by atoms with van der Waals surface area (Å²) >= 11 is 12.8. The van der Waals surface area contributed by atoms with Crippen molar-refractivity contribution in [3.8, 4) is 34.6 Å². The molecule has 3 heterocycles. The molecule has 2 fully saturated rings. The van der Waals surface area contributed by atoms with Crippen LogP contribution in [0.15, 0.2) is 127 Å². The van der Waals surface area contributed by atoms with E-state index in [-0.39, 0.29) is 93.8 Å². The van der Waals surface area contributed by atoms with Crippen molar-refractivity contribution < 1.29 is 82.1 Å². The van der Waals surface area contributed by atoms with Gasteiger partial charge in [0.25, 0.3) is 21.2 Å². The number of carbonyl (C=O) groups is 4. The van der Waals surface area contributed by atoms with Crippen LogP contribution >= 0.6 is 23.2 Å². The zero-order valence-corrected chi connectivity index (χ0v) is 48.5. The third kappa shape index (κ3) is 16.6. The van der Waals surface area contributed by atoms with E-state index < -0.39 is 64.8 Å². The number of hydrogen-bond acceptors (Lipinski definition) is 21. The Labute approximate surface area is 510 Å². The normalized spacial score (nSPS) is 15.0. The lowest BCUT2D eigenvalue weighted by molar-refractivity contribution is -0.763. The molecule has 2 atom stereocenters. The largest absolute Gasteiger partial charge is 0.513 e. The number of aromatic nitrogens is 1. The third-order valence-corrected chi connectivity index (χ3v) is 14.6. The second kappa shape index (κ2) is 28.8. The highest BCUT2D eigenvalue weighted by molar-refractivity contribution is 6.37. The van der Waals surface area contributed by atoms with Gasteiger partial charge in [-0.15, -0.1) is 30.3 Å². The first kappa shape index (κ1) is 62.4. The van der Waals surface area contributed by atoms with Crippen LogP contribution in [0.25, 0.3) is 5.57 Å². The fourth-order valence-electron chi connectivity index (χ4n) is 9.91. The van der Waals surface area contributed by atoms with E-state index in [1.165, 1.54) is 70.6 Å². The zero-order chi connectivity index (χ0) is 62.4. The van der Waals surface area contributed by atoms with E-state index in [9.17, 15) is 44.7 Å². The Hall–Kier alpha value is -10.2. The number of aryl methyl sites for hydroxylation is 1. The smallest absolute Gasteiger partial charge is 0.490 e. The lowest BCUT2D eigenvalue weighted by atomic mass is 9.81. The molecule has 1 aromatic heterocycles. The Kier molecular flexibility index (Phi) is 20.4. The molecule has 1 aliphatic carbocycles. The van der Waals surface area contributed by atoms with Crippen LogP contribution in [0.1, 0.15) is 58.2 Å². The molecule has 9 rings (SSSR count). The number of ether oxygens (including phenoxy) is 7. The topological polar surface area (TPSA) is 313 Å². The van der Waals surface area contributed by atoms with Crippen molar-refractivity contribution in [2.45, 2.75) is 77.6 Å². The van der Waals surface area contributed by atoms with E-state index in [0.717, 1.165) is 5.56 Å². The molecule has 460 valence electrons. The summed E-state index contributed by atoms with van der Waals surface area (Å²) in [6.45, 7) is 1.77. The van der Waals surface area contributed by atoms with E-state index in [1.807, 2.05) is 6.92 Å². The second-order valence-electron chi connectivity index (χ2n) is 20.1. The Balaban J connectivity index is 1.00. The maximum Gasteiger partial charge on any atom is 0.513 e. The summed E-state index contributed by atoms with van der Waals surface area (Å²) in [6.07, 6.45) is -0.0527. The molecule has 88 heavy (non-hydrogen) atoms. The fourth-order valence-corrected chi connectivity index (χ4v) is 10.6. The number of benzene rings is 5.